The first-order valence-electron chi connectivity index (χ1n) is 6.04. The normalized spacial score (nSPS) is 11.2. The molecule has 0 amide bonds. The summed E-state index contributed by atoms with van der Waals surface area (Å²) in [5.74, 6) is 2.44. The van der Waals surface area contributed by atoms with Crippen LogP contribution in [0.15, 0.2) is 27.6 Å². The highest BCUT2D eigenvalue weighted by atomic mass is 35.5. The van der Waals surface area contributed by atoms with Crippen LogP contribution in [0.5, 0.6) is 0 Å². The van der Waals surface area contributed by atoms with Gasteiger partial charge in [-0.05, 0) is 18.1 Å². The molecule has 0 aliphatic carbocycles. The molecule has 0 atom stereocenters. The Morgan fingerprint density at radius 3 is 2.89 bits per heavy atom. The number of nitrogens with two attached hydrogens (primary N) is 1. The smallest absolute Gasteiger partial charge is 0.226 e. The summed E-state index contributed by atoms with van der Waals surface area (Å²) in [7, 11) is 0. The molecule has 2 rings (SSSR count). The Morgan fingerprint density at radius 2 is 2.21 bits per heavy atom. The van der Waals surface area contributed by atoms with Gasteiger partial charge in [0.15, 0.2) is 5.82 Å². The summed E-state index contributed by atoms with van der Waals surface area (Å²) in [6.07, 6.45) is 0.798. The minimum Gasteiger partial charge on any atom is -0.398 e. The third-order valence-corrected chi connectivity index (χ3v) is 4.01. The average molecular weight is 298 g/mol. The predicted octanol–water partition coefficient (Wildman–Crippen LogP) is 3.80. The topological polar surface area (TPSA) is 64.9 Å². The minimum atomic E-state index is 0.500. The van der Waals surface area contributed by atoms with Crippen LogP contribution in [-0.2, 0) is 12.2 Å². The van der Waals surface area contributed by atoms with Gasteiger partial charge in [0.05, 0.1) is 10.8 Å². The molecule has 0 aliphatic heterocycles. The molecule has 1 aromatic heterocycles. The lowest BCUT2D eigenvalue weighted by atomic mass is 10.1. The quantitative estimate of drug-likeness (QED) is 0.672. The number of halogens is 1. The van der Waals surface area contributed by atoms with Crippen LogP contribution in [0.2, 0.25) is 5.02 Å². The number of thioether (sulfide) groups is 1. The molecular formula is C13H16ClN3OS. The second-order valence-corrected chi connectivity index (χ2v) is 6.04. The summed E-state index contributed by atoms with van der Waals surface area (Å²) in [6.45, 7) is 4.23. The van der Waals surface area contributed by atoms with E-state index < -0.39 is 0 Å². The molecule has 0 unspecified atom stereocenters. The van der Waals surface area contributed by atoms with E-state index in [1.165, 1.54) is 11.8 Å². The standard InChI is InChI=1S/C13H16ClN3OS/c1-8(2)6-12-16-11(17-18-12)7-19-13-9(14)4-3-5-10(13)15/h3-5,8H,6-7,15H2,1-2H3. The van der Waals surface area contributed by atoms with Crippen molar-refractivity contribution >= 4 is 29.1 Å². The summed E-state index contributed by atoms with van der Waals surface area (Å²) in [6, 6.07) is 5.48. The van der Waals surface area contributed by atoms with Gasteiger partial charge in [-0.1, -0.05) is 36.7 Å². The molecule has 2 N–H and O–H groups in total. The van der Waals surface area contributed by atoms with Crippen LogP contribution >= 0.6 is 23.4 Å². The molecule has 0 aliphatic rings. The van der Waals surface area contributed by atoms with Crippen molar-refractivity contribution in [1.29, 1.82) is 0 Å². The van der Waals surface area contributed by atoms with Crippen molar-refractivity contribution in [2.75, 3.05) is 5.73 Å². The van der Waals surface area contributed by atoms with Gasteiger partial charge < -0.3 is 10.3 Å². The highest BCUT2D eigenvalue weighted by molar-refractivity contribution is 7.98. The third kappa shape index (κ3) is 3.88. The first-order valence-corrected chi connectivity index (χ1v) is 7.41. The van der Waals surface area contributed by atoms with Gasteiger partial charge in [-0.3, -0.25) is 0 Å². The van der Waals surface area contributed by atoms with Crippen molar-refractivity contribution in [3.05, 3.63) is 34.9 Å². The van der Waals surface area contributed by atoms with Crippen LogP contribution in [0, 0.1) is 5.92 Å². The molecule has 2 aromatic rings. The van der Waals surface area contributed by atoms with E-state index in [0.717, 1.165) is 11.3 Å². The Balaban J connectivity index is 2.01. The van der Waals surface area contributed by atoms with E-state index in [2.05, 4.69) is 24.0 Å². The Kier molecular flexibility index (Phi) is 4.71. The SMILES string of the molecule is CC(C)Cc1nc(CSc2c(N)cccc2Cl)no1. The zero-order valence-corrected chi connectivity index (χ0v) is 12.5. The fourth-order valence-electron chi connectivity index (χ4n) is 1.60. The largest absolute Gasteiger partial charge is 0.398 e. The number of anilines is 1. The zero-order chi connectivity index (χ0) is 13.8. The molecule has 0 bridgehead atoms. The van der Waals surface area contributed by atoms with Gasteiger partial charge in [0.2, 0.25) is 5.89 Å². The summed E-state index contributed by atoms with van der Waals surface area (Å²) in [4.78, 5) is 5.20. The van der Waals surface area contributed by atoms with Gasteiger partial charge in [-0.15, -0.1) is 11.8 Å². The van der Waals surface area contributed by atoms with Crippen LogP contribution in [0.1, 0.15) is 25.6 Å². The van der Waals surface area contributed by atoms with Gasteiger partial charge in [0.25, 0.3) is 0 Å². The molecule has 102 valence electrons. The van der Waals surface area contributed by atoms with Crippen molar-refractivity contribution in [2.24, 2.45) is 5.92 Å². The van der Waals surface area contributed by atoms with Crippen molar-refractivity contribution in [3.63, 3.8) is 0 Å². The molecule has 0 radical (unpaired) electrons. The molecule has 0 fully saturated rings. The molecule has 6 heteroatoms. The second-order valence-electron chi connectivity index (χ2n) is 4.65. The second kappa shape index (κ2) is 6.30. The van der Waals surface area contributed by atoms with Gasteiger partial charge >= 0.3 is 0 Å². The summed E-state index contributed by atoms with van der Waals surface area (Å²) >= 11 is 7.62. The maximum atomic E-state index is 6.10. The maximum Gasteiger partial charge on any atom is 0.226 e. The monoisotopic (exact) mass is 297 g/mol. The van der Waals surface area contributed by atoms with Crippen LogP contribution < -0.4 is 5.73 Å². The Bertz CT molecular complexity index is 536. The number of hydrogen-bond acceptors (Lipinski definition) is 5. The van der Waals surface area contributed by atoms with Crippen LogP contribution in [0.25, 0.3) is 0 Å². The van der Waals surface area contributed by atoms with Crippen molar-refractivity contribution in [3.8, 4) is 0 Å². The first kappa shape index (κ1) is 14.2. The first-order chi connectivity index (χ1) is 9.06. The Labute approximate surface area is 121 Å². The summed E-state index contributed by atoms with van der Waals surface area (Å²) in [5, 5.41) is 4.60. The lowest BCUT2D eigenvalue weighted by Crippen LogP contribution is -1.94. The third-order valence-electron chi connectivity index (χ3n) is 2.44. The predicted molar refractivity (Wildman–Crippen MR) is 78.3 cm³/mol. The molecule has 19 heavy (non-hydrogen) atoms. The summed E-state index contributed by atoms with van der Waals surface area (Å²) < 4.78 is 5.19. The molecule has 1 aromatic carbocycles. The molecule has 0 saturated carbocycles. The van der Waals surface area contributed by atoms with E-state index in [9.17, 15) is 0 Å². The number of rotatable bonds is 5. The molecular weight excluding hydrogens is 282 g/mol. The minimum absolute atomic E-state index is 0.500. The van der Waals surface area contributed by atoms with Crippen molar-refractivity contribution in [1.82, 2.24) is 10.1 Å². The lowest BCUT2D eigenvalue weighted by Gasteiger charge is -2.05. The van der Waals surface area contributed by atoms with Gasteiger partial charge in [-0.2, -0.15) is 4.98 Å². The molecule has 0 saturated heterocycles. The van der Waals surface area contributed by atoms with E-state index >= 15 is 0 Å². The van der Waals surface area contributed by atoms with E-state index in [-0.39, 0.29) is 0 Å². The van der Waals surface area contributed by atoms with E-state index in [1.807, 2.05) is 18.2 Å². The van der Waals surface area contributed by atoms with E-state index in [4.69, 9.17) is 21.9 Å². The number of aromatic nitrogens is 2. The summed E-state index contributed by atoms with van der Waals surface area (Å²) in [5.41, 5.74) is 6.56. The van der Waals surface area contributed by atoms with Gasteiger partial charge in [0, 0.05) is 17.0 Å². The molecule has 4 nitrogen and oxygen atoms in total. The van der Waals surface area contributed by atoms with E-state index in [0.29, 0.717) is 34.1 Å². The Morgan fingerprint density at radius 1 is 1.42 bits per heavy atom. The van der Waals surface area contributed by atoms with Crippen LogP contribution in [-0.4, -0.2) is 10.1 Å². The highest BCUT2D eigenvalue weighted by Gasteiger charge is 2.11. The number of nitrogen functional groups attached to an aromatic ring is 1. The Hall–Kier alpha value is -1.20. The lowest BCUT2D eigenvalue weighted by molar-refractivity contribution is 0.360. The number of benzene rings is 1. The molecule has 0 spiro atoms. The maximum absolute atomic E-state index is 6.10. The van der Waals surface area contributed by atoms with Crippen molar-refractivity contribution < 1.29 is 4.52 Å². The van der Waals surface area contributed by atoms with Crippen molar-refractivity contribution in [2.45, 2.75) is 30.9 Å². The van der Waals surface area contributed by atoms with Crippen LogP contribution in [0.4, 0.5) is 5.69 Å². The van der Waals surface area contributed by atoms with E-state index in [1.54, 1.807) is 0 Å². The fourth-order valence-corrected chi connectivity index (χ4v) is 2.77. The average Bonchev–Trinajstić information content (AvgIpc) is 2.75. The highest BCUT2D eigenvalue weighted by Crippen LogP contribution is 2.33. The zero-order valence-electron chi connectivity index (χ0n) is 10.9. The van der Waals surface area contributed by atoms with Crippen LogP contribution in [0.3, 0.4) is 0 Å². The molecule has 1 heterocycles. The van der Waals surface area contributed by atoms with Gasteiger partial charge in [0.1, 0.15) is 0 Å². The number of hydrogen-bond donors (Lipinski definition) is 1. The van der Waals surface area contributed by atoms with Gasteiger partial charge in [-0.25, -0.2) is 0 Å². The number of nitrogens with zero attached hydrogens (tertiary/aromatic N) is 2. The fraction of sp³-hybridized carbons (Fsp3) is 0.385.